The van der Waals surface area contributed by atoms with Crippen molar-refractivity contribution in [2.24, 2.45) is 0 Å². The maximum Gasteiger partial charge on any atom is 0.0991 e. The first-order chi connectivity index (χ1) is 32.0. The van der Waals surface area contributed by atoms with Crippen molar-refractivity contribution in [2.75, 3.05) is 0 Å². The Morgan fingerprint density at radius 3 is 1.50 bits per heavy atom. The van der Waals surface area contributed by atoms with Crippen LogP contribution in [0.3, 0.4) is 0 Å². The number of hydrogen-bond donors (Lipinski definition) is 0. The van der Waals surface area contributed by atoms with Crippen LogP contribution < -0.4 is 0 Å². The van der Waals surface area contributed by atoms with Gasteiger partial charge in [0.25, 0.3) is 0 Å². The maximum atomic E-state index is 9.77. The van der Waals surface area contributed by atoms with E-state index in [1.165, 1.54) is 12.1 Å². The second-order valence-electron chi connectivity index (χ2n) is 12.2. The average molecular weight is 677 g/mol. The van der Waals surface area contributed by atoms with Crippen molar-refractivity contribution in [1.82, 2.24) is 9.13 Å². The van der Waals surface area contributed by atoms with Crippen LogP contribution in [0.2, 0.25) is 0 Å². The van der Waals surface area contributed by atoms with Gasteiger partial charge in [-0.25, -0.2) is 0 Å². The summed E-state index contributed by atoms with van der Waals surface area (Å²) in [5.41, 5.74) is 2.56. The molecule has 0 spiro atoms. The minimum absolute atomic E-state index is 0.0213. The van der Waals surface area contributed by atoms with Crippen LogP contribution in [0.4, 0.5) is 0 Å². The summed E-state index contributed by atoms with van der Waals surface area (Å²) in [5.74, 6) is 0. The highest BCUT2D eigenvalue weighted by Gasteiger charge is 2.22. The molecule has 8 aromatic carbocycles. The Hall–Kier alpha value is -7.15. The lowest BCUT2D eigenvalue weighted by Crippen LogP contribution is -2.02. The van der Waals surface area contributed by atoms with Gasteiger partial charge < -0.3 is 9.13 Å². The van der Waals surface area contributed by atoms with Gasteiger partial charge in [-0.3, -0.25) is 0 Å². The summed E-state index contributed by atoms with van der Waals surface area (Å²) in [7, 11) is 0. The minimum Gasteiger partial charge on any atom is -0.309 e. The number of nitriles is 1. The van der Waals surface area contributed by atoms with Gasteiger partial charge in [-0.2, -0.15) is 5.26 Å². The lowest BCUT2D eigenvalue weighted by Gasteiger charge is -2.21. The van der Waals surface area contributed by atoms with Crippen LogP contribution in [0.1, 0.15) is 26.1 Å². The van der Waals surface area contributed by atoms with Crippen LogP contribution in [0.5, 0.6) is 0 Å². The number of benzene rings is 8. The van der Waals surface area contributed by atoms with Gasteiger partial charge in [0.2, 0.25) is 0 Å². The molecule has 3 heteroatoms. The zero-order chi connectivity index (χ0) is 47.7. The Kier molecular flexibility index (Phi) is 4.20. The molecule has 0 saturated carbocycles. The molecule has 0 bridgehead atoms. The van der Waals surface area contributed by atoms with Crippen LogP contribution in [0, 0.1) is 11.3 Å². The molecule has 0 amide bonds. The smallest absolute Gasteiger partial charge is 0.0991 e. The zero-order valence-electron chi connectivity index (χ0n) is 42.1. The van der Waals surface area contributed by atoms with E-state index in [-0.39, 0.29) is 39.1 Å². The Morgan fingerprint density at radius 1 is 0.423 bits per heavy atom. The molecule has 0 aliphatic heterocycles. The topological polar surface area (TPSA) is 33.6 Å². The van der Waals surface area contributed by atoms with E-state index in [1.807, 2.05) is 66.7 Å². The normalized spacial score (nSPS) is 15.5. The molecule has 242 valence electrons. The molecule has 0 unspecified atom stereocenters. The van der Waals surface area contributed by atoms with Crippen molar-refractivity contribution in [2.45, 2.75) is 0 Å². The fraction of sp³-hybridized carbons (Fsp3) is 0. The van der Waals surface area contributed by atoms with E-state index in [2.05, 4.69) is 10.6 Å². The lowest BCUT2D eigenvalue weighted by molar-refractivity contribution is 1.17. The lowest BCUT2D eigenvalue weighted by atomic mass is 9.90. The van der Waals surface area contributed by atoms with Gasteiger partial charge in [-0.15, -0.1) is 0 Å². The van der Waals surface area contributed by atoms with Crippen molar-refractivity contribution < 1.29 is 20.6 Å². The monoisotopic (exact) mass is 676 g/mol. The third kappa shape index (κ3) is 4.66. The number of aromatic nitrogens is 2. The molecule has 3 nitrogen and oxygen atoms in total. The van der Waals surface area contributed by atoms with Gasteiger partial charge in [0.15, 0.2) is 0 Å². The molecular weight excluding hydrogens is 631 g/mol. The molecule has 0 saturated heterocycles. The van der Waals surface area contributed by atoms with Crippen LogP contribution in [0.15, 0.2) is 188 Å². The molecule has 2 heterocycles. The minimum atomic E-state index is -0.695. The van der Waals surface area contributed by atoms with Crippen LogP contribution in [-0.2, 0) is 0 Å². The predicted octanol–water partition coefficient (Wildman–Crippen LogP) is 12.8. The molecule has 2 aromatic heterocycles. The molecular formula is C49H31N3. The summed E-state index contributed by atoms with van der Waals surface area (Å²) in [6.45, 7) is 0. The summed E-state index contributed by atoms with van der Waals surface area (Å²) in [6.07, 6.45) is 0. The Morgan fingerprint density at radius 2 is 0.904 bits per heavy atom. The highest BCUT2D eigenvalue weighted by molar-refractivity contribution is 6.13. The molecule has 0 N–H and O–H groups in total. The van der Waals surface area contributed by atoms with E-state index < -0.39 is 90.6 Å². The number of fused-ring (bicyclic) bond motifs is 6. The fourth-order valence-electron chi connectivity index (χ4n) is 7.23. The summed E-state index contributed by atoms with van der Waals surface area (Å²) in [4.78, 5) is 0. The van der Waals surface area contributed by atoms with Gasteiger partial charge in [-0.1, -0.05) is 127 Å². The quantitative estimate of drug-likeness (QED) is 0.179. The first-order valence-electron chi connectivity index (χ1n) is 23.9. The standard InChI is InChI=1S/C49H31N3/c50-32-33-24-26-47-43(28-33)39-20-10-12-22-45(39)51(47)38-25-27-48-44(31-38)40-21-11-13-23-46(40)52(48)49-41(35-16-6-2-7-17-35)29-37(34-14-4-1-5-15-34)30-42(49)36-18-8-3-9-19-36/h1-31H/i1D,2D,3D,4D,5D,6D,7D,8D,9D,14D,15D,16D,17D,18D,19D. The third-order valence-electron chi connectivity index (χ3n) is 9.38. The number of rotatable bonds is 5. The second kappa shape index (κ2) is 12.0. The summed E-state index contributed by atoms with van der Waals surface area (Å²) < 4.78 is 136. The van der Waals surface area contributed by atoms with Crippen LogP contribution in [0.25, 0.3) is 88.4 Å². The first kappa shape index (κ1) is 18.2. The summed E-state index contributed by atoms with van der Waals surface area (Å²) >= 11 is 0. The van der Waals surface area contributed by atoms with Crippen molar-refractivity contribution >= 4 is 43.6 Å². The van der Waals surface area contributed by atoms with Crippen LogP contribution in [-0.4, -0.2) is 9.13 Å². The van der Waals surface area contributed by atoms with E-state index in [0.29, 0.717) is 27.4 Å². The van der Waals surface area contributed by atoms with Gasteiger partial charge in [0.05, 0.1) is 59.9 Å². The predicted molar refractivity (Wildman–Crippen MR) is 216 cm³/mol. The van der Waals surface area contributed by atoms with Crippen molar-refractivity contribution in [1.29, 1.82) is 5.26 Å². The highest BCUT2D eigenvalue weighted by Crippen LogP contribution is 2.44. The SMILES string of the molecule is [2H]c1c([2H])c([2H])c(-c2cc(-c3c([2H])c([2H])c([2H])c([2H])c3[2H])c(-n3c4ccccc4c4cc(-n5c6ccccc6c6cc(C#N)ccc65)ccc43)c(-c3c([2H])c([2H])c([2H])c([2H])c3[2H])c2)c([2H])c1[2H]. The average Bonchev–Trinajstić information content (AvgIpc) is 3.84. The Balaban J connectivity index is 1.42. The Bertz CT molecular complexity index is 3720. The molecule has 10 rings (SSSR count). The maximum absolute atomic E-state index is 9.77. The van der Waals surface area contributed by atoms with Crippen LogP contribution >= 0.6 is 0 Å². The van der Waals surface area contributed by atoms with E-state index in [0.717, 1.165) is 27.5 Å². The second-order valence-corrected chi connectivity index (χ2v) is 12.2. The fourth-order valence-corrected chi connectivity index (χ4v) is 7.23. The Labute approximate surface area is 322 Å². The molecule has 52 heavy (non-hydrogen) atoms. The molecule has 0 atom stereocenters. The highest BCUT2D eigenvalue weighted by atomic mass is 15.0. The van der Waals surface area contributed by atoms with E-state index in [4.69, 9.17) is 15.1 Å². The number of nitrogens with zero attached hydrogens (tertiary/aromatic N) is 3. The molecule has 0 fully saturated rings. The zero-order valence-corrected chi connectivity index (χ0v) is 27.1. The van der Waals surface area contributed by atoms with Gasteiger partial charge in [0, 0.05) is 38.4 Å². The van der Waals surface area contributed by atoms with Crippen molar-refractivity contribution in [3.63, 3.8) is 0 Å². The molecule has 10 aromatic rings. The third-order valence-corrected chi connectivity index (χ3v) is 9.38. The first-order valence-corrected chi connectivity index (χ1v) is 16.4. The summed E-state index contributed by atoms with van der Waals surface area (Å²) in [6, 6.07) is 21.1. The van der Waals surface area contributed by atoms with Crippen molar-refractivity contribution in [3.05, 3.63) is 193 Å². The van der Waals surface area contributed by atoms with Gasteiger partial charge in [-0.05, 0) is 82.9 Å². The van der Waals surface area contributed by atoms with E-state index in [9.17, 15) is 10.7 Å². The molecule has 0 aliphatic rings. The number of para-hydroxylation sites is 2. The number of hydrogen-bond acceptors (Lipinski definition) is 1. The largest absolute Gasteiger partial charge is 0.309 e. The van der Waals surface area contributed by atoms with E-state index in [1.54, 1.807) is 22.8 Å². The van der Waals surface area contributed by atoms with E-state index >= 15 is 0 Å². The molecule has 0 radical (unpaired) electrons. The van der Waals surface area contributed by atoms with Gasteiger partial charge >= 0.3 is 0 Å². The van der Waals surface area contributed by atoms with Gasteiger partial charge in [0.1, 0.15) is 0 Å². The van der Waals surface area contributed by atoms with Crippen molar-refractivity contribution in [3.8, 4) is 50.8 Å². The summed E-state index contributed by atoms with van der Waals surface area (Å²) in [5, 5.41) is 12.9. The molecule has 0 aliphatic carbocycles.